The average molecular weight is 378 g/mol. The number of hydrogen-bond donors (Lipinski definition) is 0. The van der Waals surface area contributed by atoms with Gasteiger partial charge in [-0.1, -0.05) is 35.5 Å². The third kappa shape index (κ3) is 4.43. The van der Waals surface area contributed by atoms with Gasteiger partial charge in [-0.05, 0) is 30.5 Å². The van der Waals surface area contributed by atoms with E-state index in [0.717, 1.165) is 18.4 Å². The number of carbonyl (C=O) groups is 1. The van der Waals surface area contributed by atoms with Crippen molar-refractivity contribution in [3.8, 4) is 0 Å². The molecule has 144 valence electrons. The number of pyridine rings is 1. The third-order valence-electron chi connectivity index (χ3n) is 4.90. The van der Waals surface area contributed by atoms with Crippen molar-refractivity contribution in [1.29, 1.82) is 0 Å². The molecule has 0 spiro atoms. The maximum Gasteiger partial charge on any atom is 0.253 e. The molecule has 1 saturated heterocycles. The fraction of sp³-hybridized carbons (Fsp3) is 0.333. The maximum atomic E-state index is 12.5. The summed E-state index contributed by atoms with van der Waals surface area (Å²) in [5.74, 6) is 1.44. The van der Waals surface area contributed by atoms with Crippen LogP contribution in [0.3, 0.4) is 0 Å². The van der Waals surface area contributed by atoms with Crippen LogP contribution >= 0.6 is 0 Å². The molecule has 1 aromatic carbocycles. The topological polar surface area (TPSA) is 81.4 Å². The first-order valence-electron chi connectivity index (χ1n) is 9.43. The molecule has 1 fully saturated rings. The molecule has 0 aliphatic carbocycles. The summed E-state index contributed by atoms with van der Waals surface area (Å²) in [5.41, 5.74) is 1.78. The van der Waals surface area contributed by atoms with E-state index in [0.29, 0.717) is 43.6 Å². The summed E-state index contributed by atoms with van der Waals surface area (Å²) in [4.78, 5) is 22.8. The van der Waals surface area contributed by atoms with Crippen LogP contribution in [-0.2, 0) is 18.0 Å². The Morgan fingerprint density at radius 1 is 1.07 bits per heavy atom. The molecule has 1 aliphatic rings. The smallest absolute Gasteiger partial charge is 0.253 e. The lowest BCUT2D eigenvalue weighted by molar-refractivity contribution is 0.0710. The Balaban J connectivity index is 1.26. The summed E-state index contributed by atoms with van der Waals surface area (Å²) in [6.07, 6.45) is 4.92. The molecule has 3 aromatic rings. The van der Waals surface area contributed by atoms with Gasteiger partial charge in [0.1, 0.15) is 6.61 Å². The molecule has 1 aliphatic heterocycles. The predicted molar refractivity (Wildman–Crippen MR) is 101 cm³/mol. The lowest BCUT2D eigenvalue weighted by Gasteiger charge is -2.30. The highest BCUT2D eigenvalue weighted by molar-refractivity contribution is 5.94. The van der Waals surface area contributed by atoms with Crippen LogP contribution in [0.2, 0.25) is 0 Å². The van der Waals surface area contributed by atoms with Crippen LogP contribution in [0.25, 0.3) is 0 Å². The minimum Gasteiger partial charge on any atom is -0.367 e. The summed E-state index contributed by atoms with van der Waals surface area (Å²) in [6.45, 7) is 2.16. The predicted octanol–water partition coefficient (Wildman–Crippen LogP) is 3.20. The fourth-order valence-corrected chi connectivity index (χ4v) is 3.34. The van der Waals surface area contributed by atoms with Crippen LogP contribution in [0.5, 0.6) is 0 Å². The van der Waals surface area contributed by atoms with Gasteiger partial charge in [0.25, 0.3) is 11.8 Å². The molecule has 7 nitrogen and oxygen atoms in total. The number of likely N-dealkylation sites (tertiary alicyclic amines) is 1. The van der Waals surface area contributed by atoms with Gasteiger partial charge in [-0.25, -0.2) is 0 Å². The Bertz CT molecular complexity index is 890. The van der Waals surface area contributed by atoms with Crippen molar-refractivity contribution in [1.82, 2.24) is 20.0 Å². The number of carbonyl (C=O) groups excluding carboxylic acids is 1. The quantitative estimate of drug-likeness (QED) is 0.655. The summed E-state index contributed by atoms with van der Waals surface area (Å²) < 4.78 is 11.0. The van der Waals surface area contributed by atoms with Gasteiger partial charge >= 0.3 is 0 Å². The van der Waals surface area contributed by atoms with Crippen molar-refractivity contribution in [2.24, 2.45) is 0 Å². The average Bonchev–Trinajstić information content (AvgIpc) is 3.24. The summed E-state index contributed by atoms with van der Waals surface area (Å²) in [7, 11) is 0. The van der Waals surface area contributed by atoms with Gasteiger partial charge in [-0.2, -0.15) is 4.98 Å². The van der Waals surface area contributed by atoms with Gasteiger partial charge in [0.15, 0.2) is 5.82 Å². The fourth-order valence-electron chi connectivity index (χ4n) is 3.34. The molecular weight excluding hydrogens is 356 g/mol. The van der Waals surface area contributed by atoms with Gasteiger partial charge in [-0.3, -0.25) is 9.78 Å². The first-order chi connectivity index (χ1) is 13.8. The van der Waals surface area contributed by atoms with E-state index in [1.165, 1.54) is 0 Å². The van der Waals surface area contributed by atoms with Crippen LogP contribution in [0.15, 0.2) is 59.4 Å². The molecule has 1 amide bonds. The monoisotopic (exact) mass is 378 g/mol. The zero-order chi connectivity index (χ0) is 19.2. The summed E-state index contributed by atoms with van der Waals surface area (Å²) in [5, 5.41) is 4.12. The number of ether oxygens (including phenoxy) is 1. The van der Waals surface area contributed by atoms with Crippen molar-refractivity contribution < 1.29 is 14.1 Å². The lowest BCUT2D eigenvalue weighted by atomic mass is 9.96. The highest BCUT2D eigenvalue weighted by atomic mass is 16.5. The van der Waals surface area contributed by atoms with E-state index in [1.54, 1.807) is 24.5 Å². The third-order valence-corrected chi connectivity index (χ3v) is 4.90. The highest BCUT2D eigenvalue weighted by Gasteiger charge is 2.27. The Morgan fingerprint density at radius 2 is 1.82 bits per heavy atom. The number of hydrogen-bond acceptors (Lipinski definition) is 6. The molecule has 0 unspecified atom stereocenters. The SMILES string of the molecule is O=C(c1ccncc1)N1CCC(c2noc(COCc3ccccc3)n2)CC1. The van der Waals surface area contributed by atoms with Gasteiger partial charge in [0.2, 0.25) is 0 Å². The Kier molecular flexibility index (Phi) is 5.72. The van der Waals surface area contributed by atoms with E-state index in [4.69, 9.17) is 9.26 Å². The number of benzene rings is 1. The lowest BCUT2D eigenvalue weighted by Crippen LogP contribution is -2.38. The zero-order valence-corrected chi connectivity index (χ0v) is 15.5. The second-order valence-corrected chi connectivity index (χ2v) is 6.83. The molecule has 4 rings (SSSR count). The Hall–Kier alpha value is -3.06. The minimum absolute atomic E-state index is 0.0453. The molecule has 7 heteroatoms. The molecule has 0 radical (unpaired) electrons. The van der Waals surface area contributed by atoms with Crippen molar-refractivity contribution >= 4 is 5.91 Å². The van der Waals surface area contributed by atoms with Gasteiger partial charge in [0, 0.05) is 37.0 Å². The molecule has 28 heavy (non-hydrogen) atoms. The molecule has 2 aromatic heterocycles. The maximum absolute atomic E-state index is 12.5. The first-order valence-corrected chi connectivity index (χ1v) is 9.43. The summed E-state index contributed by atoms with van der Waals surface area (Å²) >= 11 is 0. The van der Waals surface area contributed by atoms with Crippen molar-refractivity contribution in [2.45, 2.75) is 32.0 Å². The molecular formula is C21H22N4O3. The Morgan fingerprint density at radius 3 is 2.57 bits per heavy atom. The molecule has 3 heterocycles. The van der Waals surface area contributed by atoms with Crippen LogP contribution in [0, 0.1) is 0 Å². The van der Waals surface area contributed by atoms with Crippen molar-refractivity contribution in [3.05, 3.63) is 77.7 Å². The number of rotatable bonds is 6. The summed E-state index contributed by atoms with van der Waals surface area (Å²) in [6, 6.07) is 13.5. The number of piperidine rings is 1. The standard InChI is InChI=1S/C21H22N4O3/c26-21(18-6-10-22-11-7-18)25-12-8-17(9-13-25)20-23-19(28-24-20)15-27-14-16-4-2-1-3-5-16/h1-7,10-11,17H,8-9,12-15H2. The minimum atomic E-state index is 0.0453. The molecule has 0 bridgehead atoms. The molecule has 0 atom stereocenters. The van der Waals surface area contributed by atoms with Gasteiger partial charge in [0.05, 0.1) is 6.61 Å². The van der Waals surface area contributed by atoms with E-state index in [1.807, 2.05) is 35.2 Å². The molecule has 0 N–H and O–H groups in total. The van der Waals surface area contributed by atoms with E-state index < -0.39 is 0 Å². The van der Waals surface area contributed by atoms with Gasteiger partial charge in [-0.15, -0.1) is 0 Å². The van der Waals surface area contributed by atoms with E-state index in [2.05, 4.69) is 15.1 Å². The van der Waals surface area contributed by atoms with Crippen molar-refractivity contribution in [3.63, 3.8) is 0 Å². The van der Waals surface area contributed by atoms with Crippen LogP contribution in [0.4, 0.5) is 0 Å². The largest absolute Gasteiger partial charge is 0.367 e. The number of amides is 1. The van der Waals surface area contributed by atoms with E-state index >= 15 is 0 Å². The second-order valence-electron chi connectivity index (χ2n) is 6.83. The number of nitrogens with zero attached hydrogens (tertiary/aromatic N) is 4. The molecule has 0 saturated carbocycles. The first kappa shape index (κ1) is 18.3. The van der Waals surface area contributed by atoms with Gasteiger partial charge < -0.3 is 14.2 Å². The van der Waals surface area contributed by atoms with Crippen LogP contribution in [0.1, 0.15) is 46.4 Å². The highest BCUT2D eigenvalue weighted by Crippen LogP contribution is 2.26. The second kappa shape index (κ2) is 8.75. The van der Waals surface area contributed by atoms with Crippen LogP contribution < -0.4 is 0 Å². The van der Waals surface area contributed by atoms with Crippen molar-refractivity contribution in [2.75, 3.05) is 13.1 Å². The Labute approximate surface area is 163 Å². The zero-order valence-electron chi connectivity index (χ0n) is 15.5. The van der Waals surface area contributed by atoms with E-state index in [9.17, 15) is 4.79 Å². The normalized spacial score (nSPS) is 14.9. The number of aromatic nitrogens is 3. The van der Waals surface area contributed by atoms with E-state index in [-0.39, 0.29) is 11.8 Å². The van der Waals surface area contributed by atoms with Crippen LogP contribution in [-0.4, -0.2) is 39.0 Å².